The minimum absolute atomic E-state index is 0.178. The Morgan fingerprint density at radius 3 is 2.37 bits per heavy atom. The van der Waals surface area contributed by atoms with Crippen molar-refractivity contribution in [2.75, 3.05) is 20.2 Å². The van der Waals surface area contributed by atoms with Crippen molar-refractivity contribution >= 4 is 5.97 Å². The van der Waals surface area contributed by atoms with E-state index in [2.05, 4.69) is 11.8 Å². The van der Waals surface area contributed by atoms with E-state index in [0.717, 1.165) is 11.3 Å². The molecule has 0 aliphatic heterocycles. The fourth-order valence-corrected chi connectivity index (χ4v) is 1.93. The van der Waals surface area contributed by atoms with Gasteiger partial charge in [0.15, 0.2) is 0 Å². The number of carboxylic acids is 1. The molecule has 0 fully saturated rings. The summed E-state index contributed by atoms with van der Waals surface area (Å²) >= 11 is 0. The van der Waals surface area contributed by atoms with E-state index in [4.69, 9.17) is 9.84 Å². The average molecular weight is 265 g/mol. The van der Waals surface area contributed by atoms with Gasteiger partial charge < -0.3 is 9.84 Å². The van der Waals surface area contributed by atoms with Gasteiger partial charge in [0.25, 0.3) is 0 Å². The van der Waals surface area contributed by atoms with Crippen LogP contribution in [0.3, 0.4) is 0 Å². The van der Waals surface area contributed by atoms with Crippen molar-refractivity contribution in [3.63, 3.8) is 0 Å². The number of aliphatic carboxylic acids is 1. The summed E-state index contributed by atoms with van der Waals surface area (Å²) in [5.74, 6) is -0.263. The molecule has 1 rings (SSSR count). The van der Waals surface area contributed by atoms with Crippen LogP contribution < -0.4 is 4.74 Å². The Labute approximate surface area is 115 Å². The summed E-state index contributed by atoms with van der Waals surface area (Å²) in [7, 11) is 1.95. The van der Waals surface area contributed by atoms with E-state index in [9.17, 15) is 4.79 Å². The third kappa shape index (κ3) is 4.56. The van der Waals surface area contributed by atoms with Crippen molar-refractivity contribution in [1.29, 1.82) is 0 Å². The Morgan fingerprint density at radius 1 is 1.32 bits per heavy atom. The zero-order valence-corrected chi connectivity index (χ0v) is 12.1. The van der Waals surface area contributed by atoms with Crippen LogP contribution in [0.2, 0.25) is 0 Å². The SMILES string of the molecule is CCOc1ccc(C(C)N(C)CC(C)C(=O)O)cc1. The zero-order chi connectivity index (χ0) is 14.4. The smallest absolute Gasteiger partial charge is 0.307 e. The molecule has 19 heavy (non-hydrogen) atoms. The fraction of sp³-hybridized carbons (Fsp3) is 0.533. The molecule has 4 nitrogen and oxygen atoms in total. The van der Waals surface area contributed by atoms with Gasteiger partial charge in [0, 0.05) is 12.6 Å². The van der Waals surface area contributed by atoms with Crippen molar-refractivity contribution in [2.45, 2.75) is 26.8 Å². The molecule has 1 aromatic carbocycles. The lowest BCUT2D eigenvalue weighted by atomic mass is 10.1. The molecule has 4 heteroatoms. The highest BCUT2D eigenvalue weighted by atomic mass is 16.5. The van der Waals surface area contributed by atoms with E-state index in [1.54, 1.807) is 6.92 Å². The molecule has 0 heterocycles. The van der Waals surface area contributed by atoms with Crippen LogP contribution in [0, 0.1) is 5.92 Å². The Bertz CT molecular complexity index is 402. The lowest BCUT2D eigenvalue weighted by Crippen LogP contribution is -2.30. The summed E-state index contributed by atoms with van der Waals surface area (Å²) < 4.78 is 5.41. The molecule has 0 saturated heterocycles. The number of ether oxygens (including phenoxy) is 1. The molecule has 0 spiro atoms. The average Bonchev–Trinajstić information content (AvgIpc) is 2.39. The van der Waals surface area contributed by atoms with Crippen LogP contribution in [0.1, 0.15) is 32.4 Å². The highest BCUT2D eigenvalue weighted by Crippen LogP contribution is 2.22. The van der Waals surface area contributed by atoms with E-state index in [1.807, 2.05) is 38.2 Å². The predicted molar refractivity (Wildman–Crippen MR) is 75.5 cm³/mol. The number of rotatable bonds is 7. The molecule has 1 aromatic rings. The van der Waals surface area contributed by atoms with Crippen LogP contribution >= 0.6 is 0 Å². The Hall–Kier alpha value is -1.55. The van der Waals surface area contributed by atoms with Crippen molar-refractivity contribution in [2.24, 2.45) is 5.92 Å². The van der Waals surface area contributed by atoms with Gasteiger partial charge in [-0.3, -0.25) is 9.69 Å². The number of nitrogens with zero attached hydrogens (tertiary/aromatic N) is 1. The highest BCUT2D eigenvalue weighted by molar-refractivity contribution is 5.69. The molecule has 0 aliphatic carbocycles. The number of carbonyl (C=O) groups is 1. The van der Waals surface area contributed by atoms with Gasteiger partial charge in [-0.15, -0.1) is 0 Å². The first-order valence-corrected chi connectivity index (χ1v) is 6.61. The minimum atomic E-state index is -0.759. The molecule has 0 aromatic heterocycles. The molecule has 1 N–H and O–H groups in total. The first-order chi connectivity index (χ1) is 8.95. The first kappa shape index (κ1) is 15.5. The normalized spacial score (nSPS) is 14.2. The fourth-order valence-electron chi connectivity index (χ4n) is 1.93. The highest BCUT2D eigenvalue weighted by Gasteiger charge is 2.18. The van der Waals surface area contributed by atoms with Gasteiger partial charge in [0.1, 0.15) is 5.75 Å². The largest absolute Gasteiger partial charge is 0.494 e. The van der Waals surface area contributed by atoms with Crippen LogP contribution in [0.25, 0.3) is 0 Å². The maximum atomic E-state index is 10.9. The molecule has 0 radical (unpaired) electrons. The second-order valence-corrected chi connectivity index (χ2v) is 4.86. The summed E-state index contributed by atoms with van der Waals surface area (Å²) in [6.45, 7) is 6.94. The summed E-state index contributed by atoms with van der Waals surface area (Å²) in [5, 5.41) is 8.94. The standard InChI is InChI=1S/C15H23NO3/c1-5-19-14-8-6-13(7-9-14)12(3)16(4)10-11(2)15(17)18/h6-9,11-12H,5,10H2,1-4H3,(H,17,18). The van der Waals surface area contributed by atoms with E-state index in [0.29, 0.717) is 13.2 Å². The van der Waals surface area contributed by atoms with Crippen LogP contribution in [0.5, 0.6) is 5.75 Å². The first-order valence-electron chi connectivity index (χ1n) is 6.61. The molecule has 2 unspecified atom stereocenters. The summed E-state index contributed by atoms with van der Waals surface area (Å²) in [6, 6.07) is 8.13. The van der Waals surface area contributed by atoms with Gasteiger partial charge in [-0.1, -0.05) is 19.1 Å². The van der Waals surface area contributed by atoms with E-state index >= 15 is 0 Å². The van der Waals surface area contributed by atoms with Crippen LogP contribution in [0.4, 0.5) is 0 Å². The van der Waals surface area contributed by atoms with Crippen LogP contribution in [-0.2, 0) is 4.79 Å². The maximum Gasteiger partial charge on any atom is 0.307 e. The van der Waals surface area contributed by atoms with Crippen molar-refractivity contribution in [3.8, 4) is 5.75 Å². The second kappa shape index (κ2) is 7.14. The van der Waals surface area contributed by atoms with E-state index in [-0.39, 0.29) is 12.0 Å². The maximum absolute atomic E-state index is 10.9. The van der Waals surface area contributed by atoms with Gasteiger partial charge in [0.2, 0.25) is 0 Å². The van der Waals surface area contributed by atoms with Crippen molar-refractivity contribution in [3.05, 3.63) is 29.8 Å². The zero-order valence-electron chi connectivity index (χ0n) is 12.1. The Morgan fingerprint density at radius 2 is 1.89 bits per heavy atom. The number of benzene rings is 1. The summed E-state index contributed by atoms with van der Waals surface area (Å²) in [4.78, 5) is 12.9. The molecule has 0 saturated carbocycles. The molecule has 106 valence electrons. The number of hydrogen-bond donors (Lipinski definition) is 1. The minimum Gasteiger partial charge on any atom is -0.494 e. The lowest BCUT2D eigenvalue weighted by molar-refractivity contribution is -0.141. The topological polar surface area (TPSA) is 49.8 Å². The third-order valence-corrected chi connectivity index (χ3v) is 3.32. The quantitative estimate of drug-likeness (QED) is 0.823. The van der Waals surface area contributed by atoms with Gasteiger partial charge in [0.05, 0.1) is 12.5 Å². The van der Waals surface area contributed by atoms with Gasteiger partial charge in [-0.05, 0) is 38.6 Å². The monoisotopic (exact) mass is 265 g/mol. The molecular weight excluding hydrogens is 242 g/mol. The molecule has 0 amide bonds. The molecule has 0 aliphatic rings. The summed E-state index contributed by atoms with van der Waals surface area (Å²) in [6.07, 6.45) is 0. The molecule has 2 atom stereocenters. The Balaban J connectivity index is 2.65. The van der Waals surface area contributed by atoms with Crippen LogP contribution in [-0.4, -0.2) is 36.2 Å². The number of carboxylic acid groups (broad SMARTS) is 1. The second-order valence-electron chi connectivity index (χ2n) is 4.86. The van der Waals surface area contributed by atoms with Gasteiger partial charge in [-0.2, -0.15) is 0 Å². The van der Waals surface area contributed by atoms with E-state index in [1.165, 1.54) is 0 Å². The summed E-state index contributed by atoms with van der Waals surface area (Å²) in [5.41, 5.74) is 1.16. The van der Waals surface area contributed by atoms with Crippen LogP contribution in [0.15, 0.2) is 24.3 Å². The molecule has 0 bridgehead atoms. The Kier molecular flexibility index (Phi) is 5.83. The van der Waals surface area contributed by atoms with Crippen molar-refractivity contribution < 1.29 is 14.6 Å². The van der Waals surface area contributed by atoms with E-state index < -0.39 is 5.97 Å². The third-order valence-electron chi connectivity index (χ3n) is 3.32. The lowest BCUT2D eigenvalue weighted by Gasteiger charge is -2.26. The van der Waals surface area contributed by atoms with Crippen molar-refractivity contribution in [1.82, 2.24) is 4.90 Å². The van der Waals surface area contributed by atoms with Gasteiger partial charge in [-0.25, -0.2) is 0 Å². The molecular formula is C15H23NO3. The predicted octanol–water partition coefficient (Wildman–Crippen LogP) is 2.80. The number of hydrogen-bond acceptors (Lipinski definition) is 3. The van der Waals surface area contributed by atoms with Gasteiger partial charge >= 0.3 is 5.97 Å².